The van der Waals surface area contributed by atoms with E-state index in [1.165, 1.54) is 12.0 Å². The molecule has 0 saturated carbocycles. The van der Waals surface area contributed by atoms with Gasteiger partial charge < -0.3 is 15.0 Å². The van der Waals surface area contributed by atoms with E-state index in [1.54, 1.807) is 49.4 Å². The molecule has 0 heterocycles. The van der Waals surface area contributed by atoms with E-state index in [9.17, 15) is 18.0 Å². The summed E-state index contributed by atoms with van der Waals surface area (Å²) >= 11 is 6.11. The van der Waals surface area contributed by atoms with Crippen LogP contribution in [-0.2, 0) is 26.2 Å². The van der Waals surface area contributed by atoms with Crippen LogP contribution in [0.5, 0.6) is 5.75 Å². The maximum absolute atomic E-state index is 13.5. The number of hydrogen-bond donors (Lipinski definition) is 1. The first-order chi connectivity index (χ1) is 15.8. The normalized spacial score (nSPS) is 12.2. The number of carbonyl (C=O) groups excluding carboxylic acids is 2. The van der Waals surface area contributed by atoms with Gasteiger partial charge in [-0.1, -0.05) is 29.8 Å². The molecule has 1 unspecified atom stereocenters. The molecule has 2 aromatic rings. The second-order valence-electron chi connectivity index (χ2n) is 8.44. The number of ether oxygens (including phenoxy) is 1. The Labute approximate surface area is 206 Å². The van der Waals surface area contributed by atoms with Crippen LogP contribution in [0.4, 0.5) is 5.69 Å². The van der Waals surface area contributed by atoms with Gasteiger partial charge in [-0.05, 0) is 63.1 Å². The number of aryl methyl sites for hydroxylation is 1. The number of nitrogens with one attached hydrogen (secondary N) is 1. The highest BCUT2D eigenvalue weighted by Crippen LogP contribution is 2.31. The van der Waals surface area contributed by atoms with Crippen molar-refractivity contribution >= 4 is 39.1 Å². The smallest absolute Gasteiger partial charge is 0.244 e. The fraction of sp³-hybridized carbons (Fsp3) is 0.417. The van der Waals surface area contributed by atoms with Crippen molar-refractivity contribution in [3.63, 3.8) is 0 Å². The van der Waals surface area contributed by atoms with E-state index in [2.05, 4.69) is 5.32 Å². The molecule has 0 aliphatic heterocycles. The Morgan fingerprint density at radius 2 is 1.79 bits per heavy atom. The molecular weight excluding hydrogens is 478 g/mol. The third kappa shape index (κ3) is 7.36. The highest BCUT2D eigenvalue weighted by atomic mass is 35.5. The van der Waals surface area contributed by atoms with Crippen LogP contribution in [0.15, 0.2) is 42.5 Å². The van der Waals surface area contributed by atoms with Crippen molar-refractivity contribution in [1.82, 2.24) is 10.2 Å². The number of carbonyl (C=O) groups is 2. The highest BCUT2D eigenvalue weighted by Gasteiger charge is 2.31. The van der Waals surface area contributed by atoms with E-state index in [0.717, 1.165) is 16.1 Å². The zero-order valence-electron chi connectivity index (χ0n) is 20.3. The van der Waals surface area contributed by atoms with E-state index in [1.807, 2.05) is 20.8 Å². The maximum Gasteiger partial charge on any atom is 0.244 e. The SMILES string of the molecule is COc1ccc(C)cc1N(CC(=O)N(Cc1cccc(Cl)c1)C(C)C(=O)NC(C)C)S(C)(=O)=O. The van der Waals surface area contributed by atoms with Crippen molar-refractivity contribution in [2.75, 3.05) is 24.2 Å². The van der Waals surface area contributed by atoms with Gasteiger partial charge in [0.2, 0.25) is 21.8 Å². The van der Waals surface area contributed by atoms with Gasteiger partial charge in [0.25, 0.3) is 0 Å². The van der Waals surface area contributed by atoms with Crippen LogP contribution in [0, 0.1) is 6.92 Å². The molecule has 186 valence electrons. The second-order valence-corrected chi connectivity index (χ2v) is 10.8. The van der Waals surface area contributed by atoms with Crippen LogP contribution in [0.2, 0.25) is 5.02 Å². The molecule has 0 spiro atoms. The number of rotatable bonds is 10. The number of benzene rings is 2. The van der Waals surface area contributed by atoms with Crippen LogP contribution >= 0.6 is 11.6 Å². The summed E-state index contributed by atoms with van der Waals surface area (Å²) in [4.78, 5) is 27.7. The van der Waals surface area contributed by atoms with Crippen molar-refractivity contribution in [3.8, 4) is 5.75 Å². The highest BCUT2D eigenvalue weighted by molar-refractivity contribution is 7.92. The molecule has 2 amide bonds. The molecule has 10 heteroatoms. The maximum atomic E-state index is 13.5. The summed E-state index contributed by atoms with van der Waals surface area (Å²) in [5.74, 6) is -0.569. The fourth-order valence-electron chi connectivity index (χ4n) is 3.41. The van der Waals surface area contributed by atoms with Gasteiger partial charge in [0.05, 0.1) is 19.1 Å². The molecule has 8 nitrogen and oxygen atoms in total. The zero-order chi connectivity index (χ0) is 25.6. The molecule has 0 radical (unpaired) electrons. The predicted molar refractivity (Wildman–Crippen MR) is 135 cm³/mol. The van der Waals surface area contributed by atoms with Gasteiger partial charge in [-0.2, -0.15) is 0 Å². The van der Waals surface area contributed by atoms with Crippen molar-refractivity contribution in [2.24, 2.45) is 0 Å². The number of hydrogen-bond acceptors (Lipinski definition) is 5. The molecule has 0 aliphatic rings. The monoisotopic (exact) mass is 509 g/mol. The predicted octanol–water partition coefficient (Wildman–Crippen LogP) is 3.36. The minimum atomic E-state index is -3.86. The average molecular weight is 510 g/mol. The van der Waals surface area contributed by atoms with Crippen molar-refractivity contribution < 1.29 is 22.7 Å². The van der Waals surface area contributed by atoms with Gasteiger partial charge >= 0.3 is 0 Å². The Hall–Kier alpha value is -2.78. The summed E-state index contributed by atoms with van der Waals surface area (Å²) in [5.41, 5.74) is 1.77. The topological polar surface area (TPSA) is 96.0 Å². The summed E-state index contributed by atoms with van der Waals surface area (Å²) in [7, 11) is -2.43. The van der Waals surface area contributed by atoms with Gasteiger partial charge in [0.1, 0.15) is 18.3 Å². The van der Waals surface area contributed by atoms with E-state index in [4.69, 9.17) is 16.3 Å². The van der Waals surface area contributed by atoms with E-state index < -0.39 is 28.5 Å². The summed E-state index contributed by atoms with van der Waals surface area (Å²) in [6.45, 7) is 6.65. The number of methoxy groups -OCH3 is 1. The molecule has 34 heavy (non-hydrogen) atoms. The third-order valence-corrected chi connectivity index (χ3v) is 6.48. The summed E-state index contributed by atoms with van der Waals surface area (Å²) in [5, 5.41) is 3.30. The lowest BCUT2D eigenvalue weighted by atomic mass is 10.1. The third-order valence-electron chi connectivity index (χ3n) is 5.12. The van der Waals surface area contributed by atoms with Gasteiger partial charge in [0.15, 0.2) is 0 Å². The first kappa shape index (κ1) is 27.5. The Kier molecular flexibility index (Phi) is 9.35. The zero-order valence-corrected chi connectivity index (χ0v) is 21.9. The van der Waals surface area contributed by atoms with Crippen LogP contribution < -0.4 is 14.4 Å². The fourth-order valence-corrected chi connectivity index (χ4v) is 4.47. The number of sulfonamides is 1. The molecule has 1 N–H and O–H groups in total. The minimum absolute atomic E-state index is 0.0780. The second kappa shape index (κ2) is 11.6. The van der Waals surface area contributed by atoms with Gasteiger partial charge in [-0.15, -0.1) is 0 Å². The van der Waals surface area contributed by atoms with Crippen molar-refractivity contribution in [1.29, 1.82) is 0 Å². The summed E-state index contributed by atoms with van der Waals surface area (Å²) in [6.07, 6.45) is 1.03. The Balaban J connectivity index is 2.47. The molecule has 1 atom stereocenters. The first-order valence-electron chi connectivity index (χ1n) is 10.8. The van der Waals surface area contributed by atoms with Crippen LogP contribution in [0.1, 0.15) is 31.9 Å². The van der Waals surface area contributed by atoms with E-state index in [0.29, 0.717) is 16.3 Å². The van der Waals surface area contributed by atoms with Gasteiger partial charge in [-0.3, -0.25) is 13.9 Å². The van der Waals surface area contributed by atoms with Gasteiger partial charge in [0, 0.05) is 17.6 Å². The van der Waals surface area contributed by atoms with Crippen molar-refractivity contribution in [3.05, 3.63) is 58.6 Å². The molecule has 0 aliphatic carbocycles. The lowest BCUT2D eigenvalue weighted by Gasteiger charge is -2.32. The Morgan fingerprint density at radius 3 is 2.35 bits per heavy atom. The number of halogens is 1. The summed E-state index contributed by atoms with van der Waals surface area (Å²) < 4.78 is 31.8. The van der Waals surface area contributed by atoms with Crippen molar-refractivity contribution in [2.45, 2.75) is 46.3 Å². The number of nitrogens with zero attached hydrogens (tertiary/aromatic N) is 2. The minimum Gasteiger partial charge on any atom is -0.495 e. The molecule has 2 rings (SSSR count). The van der Waals surface area contributed by atoms with Crippen LogP contribution in [0.25, 0.3) is 0 Å². The van der Waals surface area contributed by atoms with Crippen LogP contribution in [-0.4, -0.2) is 57.1 Å². The van der Waals surface area contributed by atoms with E-state index >= 15 is 0 Å². The summed E-state index contributed by atoms with van der Waals surface area (Å²) in [6, 6.07) is 11.1. The quantitative estimate of drug-likeness (QED) is 0.529. The molecule has 0 bridgehead atoms. The lowest BCUT2D eigenvalue weighted by Crippen LogP contribution is -2.52. The Bertz CT molecular complexity index is 1140. The standard InChI is InChI=1S/C24H32ClN3O5S/c1-16(2)26-24(30)18(4)27(14-19-8-7-9-20(25)13-19)23(29)15-28(34(6,31)32)21-12-17(3)10-11-22(21)33-5/h7-13,16,18H,14-15H2,1-6H3,(H,26,30). The average Bonchev–Trinajstić information content (AvgIpc) is 2.74. The molecule has 0 aromatic heterocycles. The van der Waals surface area contributed by atoms with Crippen LogP contribution in [0.3, 0.4) is 0 Å². The Morgan fingerprint density at radius 1 is 1.12 bits per heavy atom. The number of anilines is 1. The number of amides is 2. The molecule has 2 aromatic carbocycles. The van der Waals surface area contributed by atoms with Gasteiger partial charge in [-0.25, -0.2) is 8.42 Å². The molecule has 0 saturated heterocycles. The first-order valence-corrected chi connectivity index (χ1v) is 13.0. The van der Waals surface area contributed by atoms with E-state index in [-0.39, 0.29) is 24.2 Å². The largest absolute Gasteiger partial charge is 0.495 e. The molecule has 0 fully saturated rings. The lowest BCUT2D eigenvalue weighted by molar-refractivity contribution is -0.139. The molecular formula is C24H32ClN3O5S.